The van der Waals surface area contributed by atoms with Gasteiger partial charge in [0.25, 0.3) is 11.6 Å². The third-order valence-corrected chi connectivity index (χ3v) is 3.12. The van der Waals surface area contributed by atoms with Crippen LogP contribution >= 0.6 is 0 Å². The topological polar surface area (TPSA) is 98.5 Å². The summed E-state index contributed by atoms with van der Waals surface area (Å²) < 4.78 is 42.5. The van der Waals surface area contributed by atoms with Gasteiger partial charge in [0.15, 0.2) is 6.61 Å². The van der Waals surface area contributed by atoms with Crippen LogP contribution in [0.4, 0.5) is 24.5 Å². The molecule has 0 aliphatic heterocycles. The van der Waals surface area contributed by atoms with E-state index in [1.165, 1.54) is 24.3 Å². The van der Waals surface area contributed by atoms with E-state index in [0.717, 1.165) is 18.2 Å². The smallest absolute Gasteiger partial charge is 0.416 e. The fraction of sp³-hybridized carbons (Fsp3) is 0.125. The molecule has 10 heteroatoms. The van der Waals surface area contributed by atoms with Gasteiger partial charge in [-0.15, -0.1) is 0 Å². The van der Waals surface area contributed by atoms with Gasteiger partial charge in [-0.1, -0.05) is 6.07 Å². The maximum absolute atomic E-state index is 12.6. The lowest BCUT2D eigenvalue weighted by atomic mass is 10.1. The number of nitro benzene ring substituents is 1. The van der Waals surface area contributed by atoms with Crippen LogP contribution in [0.15, 0.2) is 48.5 Å². The number of nitrogens with one attached hydrogen (secondary N) is 1. The number of nitrogens with zero attached hydrogens (tertiary/aromatic N) is 1. The predicted molar refractivity (Wildman–Crippen MR) is 83.5 cm³/mol. The first-order valence-electron chi connectivity index (χ1n) is 7.05. The molecule has 0 saturated heterocycles. The van der Waals surface area contributed by atoms with E-state index in [2.05, 4.69) is 10.1 Å². The second-order valence-corrected chi connectivity index (χ2v) is 5.01. The lowest BCUT2D eigenvalue weighted by Crippen LogP contribution is -2.21. The fourth-order valence-corrected chi connectivity index (χ4v) is 1.90. The molecular formula is C16H11F3N2O5. The summed E-state index contributed by atoms with van der Waals surface area (Å²) in [7, 11) is 0. The Morgan fingerprint density at radius 2 is 1.77 bits per heavy atom. The summed E-state index contributed by atoms with van der Waals surface area (Å²) in [4.78, 5) is 33.4. The fourth-order valence-electron chi connectivity index (χ4n) is 1.90. The van der Waals surface area contributed by atoms with E-state index in [4.69, 9.17) is 0 Å². The van der Waals surface area contributed by atoms with Gasteiger partial charge in [-0.2, -0.15) is 13.2 Å². The van der Waals surface area contributed by atoms with E-state index in [0.29, 0.717) is 6.07 Å². The molecule has 0 radical (unpaired) electrons. The first-order chi connectivity index (χ1) is 12.2. The number of anilines is 1. The summed E-state index contributed by atoms with van der Waals surface area (Å²) >= 11 is 0. The number of carbonyl (C=O) groups excluding carboxylic acids is 2. The van der Waals surface area contributed by atoms with Crippen LogP contribution in [-0.4, -0.2) is 23.4 Å². The number of non-ortho nitro benzene ring substituents is 1. The molecule has 0 aromatic heterocycles. The molecule has 0 saturated carbocycles. The number of alkyl halides is 3. The monoisotopic (exact) mass is 368 g/mol. The molecule has 2 aromatic carbocycles. The van der Waals surface area contributed by atoms with Gasteiger partial charge >= 0.3 is 12.1 Å². The molecule has 2 rings (SSSR count). The molecule has 7 nitrogen and oxygen atoms in total. The number of esters is 1. The van der Waals surface area contributed by atoms with E-state index in [9.17, 15) is 32.9 Å². The minimum absolute atomic E-state index is 0.168. The maximum atomic E-state index is 12.6. The Kier molecular flexibility index (Phi) is 5.55. The Hall–Kier alpha value is -3.43. The molecule has 1 amide bonds. The van der Waals surface area contributed by atoms with Crippen molar-refractivity contribution >= 4 is 23.3 Å². The zero-order valence-electron chi connectivity index (χ0n) is 12.9. The van der Waals surface area contributed by atoms with Gasteiger partial charge in [0.2, 0.25) is 0 Å². The third kappa shape index (κ3) is 5.03. The summed E-state index contributed by atoms with van der Waals surface area (Å²) in [6.07, 6.45) is -4.61. The molecule has 26 heavy (non-hydrogen) atoms. The normalized spacial score (nSPS) is 10.9. The molecule has 0 atom stereocenters. The molecule has 0 aliphatic rings. The minimum Gasteiger partial charge on any atom is -0.452 e. The highest BCUT2D eigenvalue weighted by Gasteiger charge is 2.31. The zero-order valence-corrected chi connectivity index (χ0v) is 12.9. The molecule has 0 fully saturated rings. The van der Waals surface area contributed by atoms with E-state index in [1.54, 1.807) is 0 Å². The number of nitro groups is 1. The second kappa shape index (κ2) is 7.64. The average molecular weight is 368 g/mol. The molecule has 0 unspecified atom stereocenters. The number of ether oxygens (including phenoxy) is 1. The molecular weight excluding hydrogens is 357 g/mol. The van der Waals surface area contributed by atoms with Gasteiger partial charge in [-0.25, -0.2) is 4.79 Å². The molecule has 0 aliphatic carbocycles. The number of amides is 1. The SMILES string of the molecule is O=C(COC(=O)c1cccc(C(F)(F)F)c1)Nc1ccc([N+](=O)[O-])cc1. The van der Waals surface area contributed by atoms with Gasteiger partial charge in [0.1, 0.15) is 0 Å². The van der Waals surface area contributed by atoms with Crippen LogP contribution < -0.4 is 5.32 Å². The highest BCUT2D eigenvalue weighted by atomic mass is 19.4. The van der Waals surface area contributed by atoms with Crippen LogP contribution in [0.5, 0.6) is 0 Å². The first kappa shape index (κ1) is 18.9. The van der Waals surface area contributed by atoms with Crippen molar-refractivity contribution in [3.8, 4) is 0 Å². The summed E-state index contributed by atoms with van der Waals surface area (Å²) in [6.45, 7) is -0.730. The lowest BCUT2D eigenvalue weighted by Gasteiger charge is -2.09. The van der Waals surface area contributed by atoms with E-state index >= 15 is 0 Å². The van der Waals surface area contributed by atoms with Gasteiger partial charge < -0.3 is 10.1 Å². The third-order valence-electron chi connectivity index (χ3n) is 3.12. The van der Waals surface area contributed by atoms with Crippen molar-refractivity contribution in [3.05, 3.63) is 69.8 Å². The van der Waals surface area contributed by atoms with E-state index < -0.39 is 35.1 Å². The molecule has 1 N–H and O–H groups in total. The summed E-state index contributed by atoms with van der Waals surface area (Å²) in [5.74, 6) is -1.84. The van der Waals surface area contributed by atoms with Crippen LogP contribution in [0.2, 0.25) is 0 Å². The Balaban J connectivity index is 1.92. The van der Waals surface area contributed by atoms with Crippen LogP contribution in [0, 0.1) is 10.1 Å². The van der Waals surface area contributed by atoms with Gasteiger partial charge in [-0.05, 0) is 30.3 Å². The molecule has 136 valence electrons. The second-order valence-electron chi connectivity index (χ2n) is 5.01. The van der Waals surface area contributed by atoms with Crippen molar-refractivity contribution in [2.75, 3.05) is 11.9 Å². The van der Waals surface area contributed by atoms with Gasteiger partial charge in [0, 0.05) is 17.8 Å². The quantitative estimate of drug-likeness (QED) is 0.495. The highest BCUT2D eigenvalue weighted by molar-refractivity contribution is 5.95. The van der Waals surface area contributed by atoms with Crippen molar-refractivity contribution in [3.63, 3.8) is 0 Å². The van der Waals surface area contributed by atoms with Crippen LogP contribution in [0.3, 0.4) is 0 Å². The van der Waals surface area contributed by atoms with Crippen molar-refractivity contribution in [2.24, 2.45) is 0 Å². The van der Waals surface area contributed by atoms with Crippen molar-refractivity contribution < 1.29 is 32.4 Å². The number of carbonyl (C=O) groups is 2. The number of rotatable bonds is 5. The van der Waals surface area contributed by atoms with Crippen LogP contribution in [0.1, 0.15) is 15.9 Å². The first-order valence-corrected chi connectivity index (χ1v) is 7.05. The molecule has 0 bridgehead atoms. The molecule has 0 spiro atoms. The summed E-state index contributed by atoms with van der Waals surface area (Å²) in [6, 6.07) is 8.51. The van der Waals surface area contributed by atoms with E-state index in [1.807, 2.05) is 0 Å². The Morgan fingerprint density at radius 3 is 2.35 bits per heavy atom. The highest BCUT2D eigenvalue weighted by Crippen LogP contribution is 2.29. The standard InChI is InChI=1S/C16H11F3N2O5/c17-16(18,19)11-3-1-2-10(8-11)15(23)26-9-14(22)20-12-4-6-13(7-5-12)21(24)25/h1-8H,9H2,(H,20,22). The summed E-state index contributed by atoms with van der Waals surface area (Å²) in [5, 5.41) is 12.9. The largest absolute Gasteiger partial charge is 0.452 e. The number of hydrogen-bond donors (Lipinski definition) is 1. The van der Waals surface area contributed by atoms with Crippen LogP contribution in [-0.2, 0) is 15.7 Å². The Bertz CT molecular complexity index is 835. The average Bonchev–Trinajstić information content (AvgIpc) is 2.59. The van der Waals surface area contributed by atoms with Gasteiger partial charge in [-0.3, -0.25) is 14.9 Å². The van der Waals surface area contributed by atoms with Crippen LogP contribution in [0.25, 0.3) is 0 Å². The summed E-state index contributed by atoms with van der Waals surface area (Å²) in [5.41, 5.74) is -1.29. The zero-order chi connectivity index (χ0) is 19.3. The van der Waals surface area contributed by atoms with E-state index in [-0.39, 0.29) is 16.9 Å². The number of hydrogen-bond acceptors (Lipinski definition) is 5. The van der Waals surface area contributed by atoms with Crippen molar-refractivity contribution in [2.45, 2.75) is 6.18 Å². The number of halogens is 3. The molecule has 0 heterocycles. The Labute approximate surface area is 144 Å². The molecule has 2 aromatic rings. The predicted octanol–water partition coefficient (Wildman–Crippen LogP) is 3.41. The van der Waals surface area contributed by atoms with Crippen molar-refractivity contribution in [1.29, 1.82) is 0 Å². The minimum atomic E-state index is -4.61. The Morgan fingerprint density at radius 1 is 1.12 bits per heavy atom. The number of benzene rings is 2. The lowest BCUT2D eigenvalue weighted by molar-refractivity contribution is -0.384. The van der Waals surface area contributed by atoms with Crippen molar-refractivity contribution in [1.82, 2.24) is 0 Å². The van der Waals surface area contributed by atoms with Gasteiger partial charge in [0.05, 0.1) is 16.1 Å². The maximum Gasteiger partial charge on any atom is 0.416 e.